The van der Waals surface area contributed by atoms with Gasteiger partial charge in [0.1, 0.15) is 11.6 Å². The minimum absolute atomic E-state index is 0.0157. The zero-order valence-electron chi connectivity index (χ0n) is 22.2. The van der Waals surface area contributed by atoms with Crippen molar-refractivity contribution in [2.24, 2.45) is 5.92 Å². The van der Waals surface area contributed by atoms with Crippen LogP contribution in [0.5, 0.6) is 0 Å². The van der Waals surface area contributed by atoms with Gasteiger partial charge in [-0.3, -0.25) is 14.5 Å². The summed E-state index contributed by atoms with van der Waals surface area (Å²) < 4.78 is 28.4. The molecular weight excluding hydrogens is 460 g/mol. The fourth-order valence-electron chi connectivity index (χ4n) is 5.47. The monoisotopic (exact) mass is 497 g/mol. The molecule has 2 atom stereocenters. The molecule has 2 aliphatic heterocycles. The number of aryl methyl sites for hydroxylation is 2. The summed E-state index contributed by atoms with van der Waals surface area (Å²) in [5.41, 5.74) is 4.08. The smallest absolute Gasteiger partial charge is 0.227 e. The Morgan fingerprint density at radius 2 is 1.56 bits per heavy atom. The van der Waals surface area contributed by atoms with Gasteiger partial charge in [-0.15, -0.1) is 0 Å². The Hall–Kier alpha value is -2.80. The second kappa shape index (κ2) is 9.92. The van der Waals surface area contributed by atoms with Gasteiger partial charge in [0, 0.05) is 68.0 Å². The van der Waals surface area contributed by atoms with Gasteiger partial charge < -0.3 is 9.80 Å². The van der Waals surface area contributed by atoms with E-state index in [4.69, 9.17) is 0 Å². The fraction of sp³-hybridized carbons (Fsp3) is 0.517. The van der Waals surface area contributed by atoms with Crippen molar-refractivity contribution in [3.63, 3.8) is 0 Å². The van der Waals surface area contributed by atoms with E-state index in [1.165, 1.54) is 12.1 Å². The van der Waals surface area contributed by atoms with Crippen LogP contribution in [0.4, 0.5) is 14.5 Å². The van der Waals surface area contributed by atoms with Gasteiger partial charge in [0.2, 0.25) is 5.91 Å². The van der Waals surface area contributed by atoms with Gasteiger partial charge in [-0.1, -0.05) is 6.07 Å². The van der Waals surface area contributed by atoms with Crippen LogP contribution in [0.2, 0.25) is 0 Å². The number of rotatable bonds is 4. The number of nitrogens with zero attached hydrogens (tertiary/aromatic N) is 3. The first-order valence-corrected chi connectivity index (χ1v) is 12.7. The Bertz CT molecular complexity index is 1170. The van der Waals surface area contributed by atoms with E-state index < -0.39 is 17.6 Å². The molecule has 0 aromatic heterocycles. The summed E-state index contributed by atoms with van der Waals surface area (Å²) in [5, 5.41) is 0. The van der Waals surface area contributed by atoms with Gasteiger partial charge in [-0.2, -0.15) is 0 Å². The Morgan fingerprint density at radius 1 is 0.917 bits per heavy atom. The summed E-state index contributed by atoms with van der Waals surface area (Å²) in [4.78, 5) is 32.3. The summed E-state index contributed by atoms with van der Waals surface area (Å²) in [6.45, 7) is 15.3. The maximum atomic E-state index is 14.8. The molecule has 0 saturated carbocycles. The SMILES string of the molecule is CC(=O)c1cc(C)c(C)cc1N1CCN(C(=O)[C@@H]2CN(C(C)(C)C)C[C@H]2c2ccc(F)cc2F)CC1. The van der Waals surface area contributed by atoms with Crippen molar-refractivity contribution in [2.45, 2.75) is 53.0 Å². The molecule has 0 aliphatic carbocycles. The van der Waals surface area contributed by atoms with Gasteiger partial charge in [0.05, 0.1) is 5.92 Å². The zero-order chi connectivity index (χ0) is 26.4. The number of amides is 1. The number of anilines is 1. The average Bonchev–Trinajstić information content (AvgIpc) is 3.26. The van der Waals surface area contributed by atoms with E-state index in [9.17, 15) is 18.4 Å². The topological polar surface area (TPSA) is 43.9 Å². The molecule has 2 aliphatic rings. The molecule has 7 heteroatoms. The van der Waals surface area contributed by atoms with Crippen molar-refractivity contribution in [3.05, 3.63) is 64.2 Å². The van der Waals surface area contributed by atoms with Crippen molar-refractivity contribution in [3.8, 4) is 0 Å². The first kappa shape index (κ1) is 26.3. The lowest BCUT2D eigenvalue weighted by Gasteiger charge is -2.38. The highest BCUT2D eigenvalue weighted by molar-refractivity contribution is 6.00. The van der Waals surface area contributed by atoms with Crippen LogP contribution in [0.1, 0.15) is 60.7 Å². The minimum Gasteiger partial charge on any atom is -0.367 e. The minimum atomic E-state index is -0.614. The lowest BCUT2D eigenvalue weighted by Crippen LogP contribution is -2.51. The second-order valence-corrected chi connectivity index (χ2v) is 11.3. The highest BCUT2D eigenvalue weighted by Crippen LogP contribution is 2.39. The third-order valence-electron chi connectivity index (χ3n) is 7.87. The van der Waals surface area contributed by atoms with E-state index in [1.54, 1.807) is 6.92 Å². The molecular formula is C29H37F2N3O2. The number of carbonyl (C=O) groups is 2. The lowest BCUT2D eigenvalue weighted by molar-refractivity contribution is -0.136. The Morgan fingerprint density at radius 3 is 2.14 bits per heavy atom. The Labute approximate surface area is 213 Å². The van der Waals surface area contributed by atoms with Crippen LogP contribution in [0.25, 0.3) is 0 Å². The number of hydrogen-bond acceptors (Lipinski definition) is 4. The fourth-order valence-corrected chi connectivity index (χ4v) is 5.47. The van der Waals surface area contributed by atoms with Gasteiger partial charge in [-0.25, -0.2) is 8.78 Å². The lowest BCUT2D eigenvalue weighted by atomic mass is 9.87. The first-order valence-electron chi connectivity index (χ1n) is 12.7. The average molecular weight is 498 g/mol. The maximum absolute atomic E-state index is 14.8. The van der Waals surface area contributed by atoms with Crippen molar-refractivity contribution < 1.29 is 18.4 Å². The second-order valence-electron chi connectivity index (χ2n) is 11.3. The zero-order valence-corrected chi connectivity index (χ0v) is 22.2. The number of piperazine rings is 1. The van der Waals surface area contributed by atoms with Crippen LogP contribution >= 0.6 is 0 Å². The van der Waals surface area contributed by atoms with Crippen LogP contribution in [-0.4, -0.2) is 66.3 Å². The summed E-state index contributed by atoms with van der Waals surface area (Å²) in [6.07, 6.45) is 0. The molecule has 0 unspecified atom stereocenters. The van der Waals surface area contributed by atoms with Crippen LogP contribution in [-0.2, 0) is 4.79 Å². The number of benzene rings is 2. The van der Waals surface area contributed by atoms with Gasteiger partial charge in [0.15, 0.2) is 5.78 Å². The van der Waals surface area contributed by atoms with E-state index in [0.29, 0.717) is 50.4 Å². The quantitative estimate of drug-likeness (QED) is 0.561. The Kier molecular flexibility index (Phi) is 7.24. The third-order valence-corrected chi connectivity index (χ3v) is 7.87. The van der Waals surface area contributed by atoms with Crippen molar-refractivity contribution in [2.75, 3.05) is 44.2 Å². The highest BCUT2D eigenvalue weighted by atomic mass is 19.1. The van der Waals surface area contributed by atoms with E-state index in [1.807, 2.05) is 24.8 Å². The normalized spacial score (nSPS) is 21.2. The summed E-state index contributed by atoms with van der Waals surface area (Å²) in [7, 11) is 0. The molecule has 0 spiro atoms. The number of Topliss-reactive ketones (excluding diaryl/α,β-unsaturated/α-hetero) is 1. The molecule has 2 aromatic rings. The predicted octanol–water partition coefficient (Wildman–Crippen LogP) is 4.95. The summed E-state index contributed by atoms with van der Waals surface area (Å²) in [6, 6.07) is 7.68. The molecule has 4 rings (SSSR count). The van der Waals surface area contributed by atoms with E-state index in [0.717, 1.165) is 22.9 Å². The molecule has 1 amide bonds. The van der Waals surface area contributed by atoms with Crippen molar-refractivity contribution in [1.29, 1.82) is 0 Å². The maximum Gasteiger partial charge on any atom is 0.227 e. The molecule has 2 saturated heterocycles. The molecule has 2 heterocycles. The third kappa shape index (κ3) is 5.17. The van der Waals surface area contributed by atoms with Crippen molar-refractivity contribution >= 4 is 17.4 Å². The van der Waals surface area contributed by atoms with E-state index in [-0.39, 0.29) is 23.1 Å². The number of hydrogen-bond donors (Lipinski definition) is 0. The molecule has 194 valence electrons. The molecule has 5 nitrogen and oxygen atoms in total. The largest absolute Gasteiger partial charge is 0.367 e. The molecule has 2 fully saturated rings. The van der Waals surface area contributed by atoms with Crippen molar-refractivity contribution in [1.82, 2.24) is 9.80 Å². The number of ketones is 1. The number of carbonyl (C=O) groups excluding carboxylic acids is 2. The first-order chi connectivity index (χ1) is 16.9. The highest BCUT2D eigenvalue weighted by Gasteiger charge is 2.44. The van der Waals surface area contributed by atoms with Crippen LogP contribution in [0.3, 0.4) is 0 Å². The van der Waals surface area contributed by atoms with Crippen LogP contribution in [0, 0.1) is 31.4 Å². The van der Waals surface area contributed by atoms with Gasteiger partial charge in [0.25, 0.3) is 0 Å². The summed E-state index contributed by atoms with van der Waals surface area (Å²) >= 11 is 0. The molecule has 2 aromatic carbocycles. The summed E-state index contributed by atoms with van der Waals surface area (Å²) in [5.74, 6) is -1.89. The molecule has 36 heavy (non-hydrogen) atoms. The van der Waals surface area contributed by atoms with E-state index >= 15 is 0 Å². The predicted molar refractivity (Wildman–Crippen MR) is 139 cm³/mol. The number of likely N-dealkylation sites (tertiary alicyclic amines) is 1. The number of halogens is 2. The van der Waals surface area contributed by atoms with E-state index in [2.05, 4.69) is 36.6 Å². The Balaban J connectivity index is 1.54. The van der Waals surface area contributed by atoms with Crippen LogP contribution < -0.4 is 4.90 Å². The molecule has 0 N–H and O–H groups in total. The molecule has 0 radical (unpaired) electrons. The van der Waals surface area contributed by atoms with Crippen LogP contribution in [0.15, 0.2) is 30.3 Å². The molecule has 0 bridgehead atoms. The van der Waals surface area contributed by atoms with Gasteiger partial charge in [-0.05, 0) is 76.4 Å². The standard InChI is InChI=1S/C29H37F2N3O2/c1-18-13-23(20(3)35)27(14-19(18)2)32-9-11-33(12-10-32)28(36)25-17-34(29(4,5)6)16-24(25)22-8-7-21(30)15-26(22)31/h7-8,13-15,24-25H,9-12,16-17H2,1-6H3/t24-,25+/m0/s1. The van der Waals surface area contributed by atoms with Gasteiger partial charge >= 0.3 is 0 Å².